The van der Waals surface area contributed by atoms with E-state index in [2.05, 4.69) is 22.2 Å². The van der Waals surface area contributed by atoms with Crippen LogP contribution in [0.3, 0.4) is 0 Å². The lowest BCUT2D eigenvalue weighted by Crippen LogP contribution is -2.45. The van der Waals surface area contributed by atoms with Gasteiger partial charge in [0, 0.05) is 50.3 Å². The molecule has 0 spiro atoms. The zero-order chi connectivity index (χ0) is 17.4. The number of halogens is 3. The lowest BCUT2D eigenvalue weighted by molar-refractivity contribution is 0.580. The summed E-state index contributed by atoms with van der Waals surface area (Å²) in [6.45, 7) is 5.90. The monoisotopic (exact) mass is 482 g/mol. The van der Waals surface area contributed by atoms with Crippen molar-refractivity contribution in [3.63, 3.8) is 0 Å². The van der Waals surface area contributed by atoms with E-state index in [1.54, 1.807) is 18.8 Å². The predicted octanol–water partition coefficient (Wildman–Crippen LogP) is 3.25. The van der Waals surface area contributed by atoms with Crippen molar-refractivity contribution < 1.29 is 8.78 Å². The second-order valence-corrected chi connectivity index (χ2v) is 6.68. The van der Waals surface area contributed by atoms with E-state index in [-0.39, 0.29) is 30.0 Å². The third-order valence-electron chi connectivity index (χ3n) is 3.78. The molecule has 0 aliphatic carbocycles. The molecule has 1 aromatic carbocycles. The average Bonchev–Trinajstić information content (AvgIpc) is 3.01. The molecule has 25 heavy (non-hydrogen) atoms. The zero-order valence-corrected chi connectivity index (χ0v) is 17.5. The van der Waals surface area contributed by atoms with Gasteiger partial charge in [0.25, 0.3) is 0 Å². The molecule has 0 bridgehead atoms. The fourth-order valence-electron chi connectivity index (χ4n) is 2.63. The van der Waals surface area contributed by atoms with Gasteiger partial charge >= 0.3 is 0 Å². The van der Waals surface area contributed by atoms with E-state index in [1.165, 1.54) is 12.1 Å². The Balaban J connectivity index is 0.00000312. The van der Waals surface area contributed by atoms with Crippen molar-refractivity contribution in [1.29, 1.82) is 0 Å². The third-order valence-corrected chi connectivity index (χ3v) is 4.74. The lowest BCUT2D eigenvalue weighted by atomic mass is 10.2. The molecule has 0 saturated carbocycles. The van der Waals surface area contributed by atoms with Crippen molar-refractivity contribution in [3.05, 3.63) is 42.5 Å². The maximum atomic E-state index is 13.9. The zero-order valence-electron chi connectivity index (χ0n) is 14.3. The summed E-state index contributed by atoms with van der Waals surface area (Å²) in [5.74, 6) is 1.60. The first-order chi connectivity index (χ1) is 11.6. The standard InChI is InChI=1S/C17H24F2N4S.HI/c1-3-9-24-10-7-21-17(20-2)22-14-6-8-23(12-14)16-5-4-13(18)11-15(16)19;/h3-5,11,14H,1,6-10,12H2,2H3,(H2,20,21,22);1H. The van der Waals surface area contributed by atoms with Crippen molar-refractivity contribution in [3.8, 4) is 0 Å². The Morgan fingerprint density at radius 1 is 1.48 bits per heavy atom. The van der Waals surface area contributed by atoms with Gasteiger partial charge in [-0.2, -0.15) is 11.8 Å². The minimum absolute atomic E-state index is 0. The van der Waals surface area contributed by atoms with E-state index in [0.717, 1.165) is 43.0 Å². The molecule has 1 aliphatic heterocycles. The van der Waals surface area contributed by atoms with Crippen LogP contribution >= 0.6 is 35.7 Å². The van der Waals surface area contributed by atoms with Crippen LogP contribution in [0.15, 0.2) is 35.8 Å². The highest BCUT2D eigenvalue weighted by molar-refractivity contribution is 14.0. The molecule has 1 heterocycles. The van der Waals surface area contributed by atoms with E-state index < -0.39 is 11.6 Å². The van der Waals surface area contributed by atoms with Gasteiger partial charge in [0.1, 0.15) is 11.6 Å². The Labute approximate surface area is 169 Å². The summed E-state index contributed by atoms with van der Waals surface area (Å²) < 4.78 is 26.9. The molecule has 1 atom stereocenters. The molecule has 2 N–H and O–H groups in total. The number of benzene rings is 1. The maximum absolute atomic E-state index is 13.9. The number of rotatable bonds is 7. The molecular formula is C17H25F2IN4S. The average molecular weight is 482 g/mol. The number of anilines is 1. The number of hydrogen-bond acceptors (Lipinski definition) is 3. The number of aliphatic imine (C=N–C) groups is 1. The molecule has 1 unspecified atom stereocenters. The van der Waals surface area contributed by atoms with Gasteiger partial charge in [-0.15, -0.1) is 30.6 Å². The number of nitrogens with one attached hydrogen (secondary N) is 2. The maximum Gasteiger partial charge on any atom is 0.191 e. The first kappa shape index (κ1) is 22.0. The van der Waals surface area contributed by atoms with E-state index in [1.807, 2.05) is 11.0 Å². The summed E-state index contributed by atoms with van der Waals surface area (Å²) in [4.78, 5) is 6.15. The number of thioether (sulfide) groups is 1. The van der Waals surface area contributed by atoms with Crippen molar-refractivity contribution in [2.24, 2.45) is 4.99 Å². The second-order valence-electron chi connectivity index (χ2n) is 5.53. The summed E-state index contributed by atoms with van der Waals surface area (Å²) in [5.41, 5.74) is 0.449. The van der Waals surface area contributed by atoms with E-state index in [0.29, 0.717) is 12.2 Å². The minimum atomic E-state index is -0.552. The fraction of sp³-hybridized carbons (Fsp3) is 0.471. The highest BCUT2D eigenvalue weighted by Gasteiger charge is 2.25. The molecule has 140 valence electrons. The van der Waals surface area contributed by atoms with Gasteiger partial charge in [-0.1, -0.05) is 6.08 Å². The number of hydrogen-bond donors (Lipinski definition) is 2. The molecule has 1 fully saturated rings. The van der Waals surface area contributed by atoms with E-state index >= 15 is 0 Å². The van der Waals surface area contributed by atoms with Crippen LogP contribution in [-0.4, -0.2) is 50.2 Å². The van der Waals surface area contributed by atoms with E-state index in [4.69, 9.17) is 0 Å². The van der Waals surface area contributed by atoms with Crippen LogP contribution in [-0.2, 0) is 0 Å². The topological polar surface area (TPSA) is 39.7 Å². The Kier molecular flexibility index (Phi) is 10.2. The van der Waals surface area contributed by atoms with Crippen LogP contribution in [0.4, 0.5) is 14.5 Å². The molecule has 1 aliphatic rings. The van der Waals surface area contributed by atoms with E-state index in [9.17, 15) is 8.78 Å². The van der Waals surface area contributed by atoms with Crippen molar-refractivity contribution >= 4 is 47.4 Å². The van der Waals surface area contributed by atoms with Gasteiger partial charge in [0.15, 0.2) is 5.96 Å². The third kappa shape index (κ3) is 7.01. The van der Waals surface area contributed by atoms with Gasteiger partial charge in [-0.25, -0.2) is 8.78 Å². The first-order valence-electron chi connectivity index (χ1n) is 8.00. The summed E-state index contributed by atoms with van der Waals surface area (Å²) >= 11 is 1.81. The summed E-state index contributed by atoms with van der Waals surface area (Å²) in [6, 6.07) is 3.90. The van der Waals surface area contributed by atoms with Gasteiger partial charge < -0.3 is 15.5 Å². The summed E-state index contributed by atoms with van der Waals surface area (Å²) in [7, 11) is 1.73. The second kappa shape index (κ2) is 11.6. The molecule has 1 saturated heterocycles. The van der Waals surface area contributed by atoms with Gasteiger partial charge in [-0.3, -0.25) is 4.99 Å². The van der Waals surface area contributed by atoms with Crippen LogP contribution in [0.25, 0.3) is 0 Å². The van der Waals surface area contributed by atoms with Crippen molar-refractivity contribution in [1.82, 2.24) is 10.6 Å². The van der Waals surface area contributed by atoms with Crippen molar-refractivity contribution in [2.45, 2.75) is 12.5 Å². The molecule has 4 nitrogen and oxygen atoms in total. The van der Waals surface area contributed by atoms with Crippen LogP contribution < -0.4 is 15.5 Å². The molecule has 8 heteroatoms. The minimum Gasteiger partial charge on any atom is -0.367 e. The molecule has 0 amide bonds. The van der Waals surface area contributed by atoms with Crippen LogP contribution in [0.2, 0.25) is 0 Å². The van der Waals surface area contributed by atoms with Crippen LogP contribution in [0.1, 0.15) is 6.42 Å². The first-order valence-corrected chi connectivity index (χ1v) is 9.15. The van der Waals surface area contributed by atoms with Crippen molar-refractivity contribution in [2.75, 3.05) is 43.1 Å². The number of nitrogens with zero attached hydrogens (tertiary/aromatic N) is 2. The van der Waals surface area contributed by atoms with Crippen LogP contribution in [0.5, 0.6) is 0 Å². The Morgan fingerprint density at radius 3 is 2.96 bits per heavy atom. The molecule has 0 radical (unpaired) electrons. The predicted molar refractivity (Wildman–Crippen MR) is 114 cm³/mol. The van der Waals surface area contributed by atoms with Crippen LogP contribution in [0, 0.1) is 11.6 Å². The SMILES string of the molecule is C=CCSCCNC(=NC)NC1CCN(c2ccc(F)cc2F)C1.I. The molecule has 0 aromatic heterocycles. The fourth-order valence-corrected chi connectivity index (χ4v) is 3.21. The summed E-state index contributed by atoms with van der Waals surface area (Å²) in [6.07, 6.45) is 2.77. The smallest absolute Gasteiger partial charge is 0.191 e. The lowest BCUT2D eigenvalue weighted by Gasteiger charge is -2.21. The highest BCUT2D eigenvalue weighted by Crippen LogP contribution is 2.24. The summed E-state index contributed by atoms with van der Waals surface area (Å²) in [5, 5.41) is 6.63. The van der Waals surface area contributed by atoms with Gasteiger partial charge in [-0.05, 0) is 18.6 Å². The van der Waals surface area contributed by atoms with Gasteiger partial charge in [0.05, 0.1) is 5.69 Å². The van der Waals surface area contributed by atoms with Gasteiger partial charge in [0.2, 0.25) is 0 Å². The normalized spacial score (nSPS) is 17.2. The Hall–Kier alpha value is -1.03. The largest absolute Gasteiger partial charge is 0.367 e. The molecule has 1 aromatic rings. The molecule has 2 rings (SSSR count). The number of guanidine groups is 1. The Morgan fingerprint density at radius 2 is 2.28 bits per heavy atom. The quantitative estimate of drug-likeness (QED) is 0.206. The highest BCUT2D eigenvalue weighted by atomic mass is 127. The molecular weight excluding hydrogens is 457 g/mol. The Bertz CT molecular complexity index is 586.